The molecule has 0 amide bonds. The number of aromatic nitrogens is 4. The number of benzene rings is 1. The van der Waals surface area contributed by atoms with Gasteiger partial charge in [-0.2, -0.15) is 0 Å². The smallest absolute Gasteiger partial charge is 0.115 e. The SMILES string of the molecule is O[C@@H]1c2cncnc2CC[C@H]1[C@@H]1c2ccccc2-c2cncn21. The van der Waals surface area contributed by atoms with Crippen molar-refractivity contribution in [3.8, 4) is 11.3 Å². The van der Waals surface area contributed by atoms with Crippen LogP contribution in [0.15, 0.2) is 49.3 Å². The number of aliphatic hydroxyl groups excluding tert-OH is 1. The lowest BCUT2D eigenvalue weighted by Gasteiger charge is -2.34. The van der Waals surface area contributed by atoms with Gasteiger partial charge in [-0.05, 0) is 18.4 Å². The van der Waals surface area contributed by atoms with Gasteiger partial charge >= 0.3 is 0 Å². The van der Waals surface area contributed by atoms with Crippen molar-refractivity contribution in [3.05, 3.63) is 66.1 Å². The molecule has 0 spiro atoms. The predicted molar refractivity (Wildman–Crippen MR) is 84.6 cm³/mol. The van der Waals surface area contributed by atoms with E-state index in [9.17, 15) is 5.11 Å². The van der Waals surface area contributed by atoms with Gasteiger partial charge in [0.25, 0.3) is 0 Å². The van der Waals surface area contributed by atoms with E-state index in [-0.39, 0.29) is 12.0 Å². The molecule has 5 heteroatoms. The maximum Gasteiger partial charge on any atom is 0.115 e. The van der Waals surface area contributed by atoms with Crippen molar-refractivity contribution < 1.29 is 5.11 Å². The molecule has 2 aliphatic rings. The average Bonchev–Trinajstić information content (AvgIpc) is 3.17. The molecule has 0 radical (unpaired) electrons. The molecule has 2 aromatic heterocycles. The van der Waals surface area contributed by atoms with Gasteiger partial charge in [0, 0.05) is 28.9 Å². The number of imidazole rings is 1. The summed E-state index contributed by atoms with van der Waals surface area (Å²) in [5.41, 5.74) is 5.47. The number of hydrogen-bond acceptors (Lipinski definition) is 4. The Balaban J connectivity index is 1.64. The molecule has 1 aliphatic heterocycles. The Morgan fingerprint density at radius 2 is 2.00 bits per heavy atom. The second-order valence-corrected chi connectivity index (χ2v) is 6.29. The first-order chi connectivity index (χ1) is 11.3. The molecule has 0 unspecified atom stereocenters. The van der Waals surface area contributed by atoms with Crippen molar-refractivity contribution >= 4 is 0 Å². The quantitative estimate of drug-likeness (QED) is 0.750. The van der Waals surface area contributed by atoms with Gasteiger partial charge in [0.1, 0.15) is 6.33 Å². The standard InChI is InChI=1S/C18H16N4O/c23-18-13(5-6-15-14(18)7-19-9-21-15)17-12-4-2-1-3-11(12)16-8-20-10-22(16)17/h1-4,7-10,13,17-18,23H,5-6H2/t13-,17-,18-/m0/s1. The largest absolute Gasteiger partial charge is 0.388 e. The van der Waals surface area contributed by atoms with Crippen LogP contribution in [0.4, 0.5) is 0 Å². The minimum absolute atomic E-state index is 0.102. The highest BCUT2D eigenvalue weighted by atomic mass is 16.3. The fourth-order valence-electron chi connectivity index (χ4n) is 4.15. The maximum atomic E-state index is 11.0. The Labute approximate surface area is 133 Å². The molecular formula is C18H16N4O. The lowest BCUT2D eigenvalue weighted by Crippen LogP contribution is -2.29. The van der Waals surface area contributed by atoms with Crippen molar-refractivity contribution in [1.82, 2.24) is 19.5 Å². The Morgan fingerprint density at radius 1 is 1.09 bits per heavy atom. The summed E-state index contributed by atoms with van der Waals surface area (Å²) in [4.78, 5) is 12.7. The number of hydrogen-bond donors (Lipinski definition) is 1. The molecule has 3 aromatic rings. The molecule has 5 nitrogen and oxygen atoms in total. The van der Waals surface area contributed by atoms with Crippen molar-refractivity contribution in [1.29, 1.82) is 0 Å². The minimum Gasteiger partial charge on any atom is -0.388 e. The summed E-state index contributed by atoms with van der Waals surface area (Å²) < 4.78 is 2.20. The molecule has 1 aliphatic carbocycles. The monoisotopic (exact) mass is 304 g/mol. The first-order valence-corrected chi connectivity index (χ1v) is 7.92. The fraction of sp³-hybridized carbons (Fsp3) is 0.278. The van der Waals surface area contributed by atoms with Crippen LogP contribution in [-0.4, -0.2) is 24.6 Å². The van der Waals surface area contributed by atoms with Crippen molar-refractivity contribution in [2.24, 2.45) is 5.92 Å². The van der Waals surface area contributed by atoms with Gasteiger partial charge in [0.15, 0.2) is 0 Å². The summed E-state index contributed by atoms with van der Waals surface area (Å²) in [5, 5.41) is 11.0. The third kappa shape index (κ3) is 1.74. The highest BCUT2D eigenvalue weighted by Crippen LogP contribution is 2.49. The molecule has 1 aromatic carbocycles. The molecule has 23 heavy (non-hydrogen) atoms. The van der Waals surface area contributed by atoms with Crippen LogP contribution in [0.3, 0.4) is 0 Å². The van der Waals surface area contributed by atoms with Crippen molar-refractivity contribution in [2.45, 2.75) is 25.0 Å². The Bertz CT molecular complexity index is 888. The van der Waals surface area contributed by atoms with E-state index in [0.29, 0.717) is 0 Å². The number of aryl methyl sites for hydroxylation is 1. The van der Waals surface area contributed by atoms with Crippen LogP contribution in [0.1, 0.15) is 35.4 Å². The average molecular weight is 304 g/mol. The van der Waals surface area contributed by atoms with E-state index in [2.05, 4.69) is 43.8 Å². The fourth-order valence-corrected chi connectivity index (χ4v) is 4.15. The van der Waals surface area contributed by atoms with E-state index < -0.39 is 6.10 Å². The zero-order valence-corrected chi connectivity index (χ0v) is 12.5. The van der Waals surface area contributed by atoms with Gasteiger partial charge in [-0.25, -0.2) is 15.0 Å². The number of fused-ring (bicyclic) bond motifs is 4. The van der Waals surface area contributed by atoms with E-state index in [1.165, 1.54) is 11.1 Å². The molecule has 1 N–H and O–H groups in total. The molecule has 0 fully saturated rings. The van der Waals surface area contributed by atoms with Gasteiger partial charge < -0.3 is 9.67 Å². The van der Waals surface area contributed by atoms with Crippen LogP contribution in [-0.2, 0) is 6.42 Å². The molecular weight excluding hydrogens is 288 g/mol. The summed E-state index contributed by atoms with van der Waals surface area (Å²) in [6.07, 6.45) is 8.34. The summed E-state index contributed by atoms with van der Waals surface area (Å²) in [6.45, 7) is 0. The zero-order valence-electron chi connectivity index (χ0n) is 12.5. The minimum atomic E-state index is -0.550. The van der Waals surface area contributed by atoms with Gasteiger partial charge in [0.05, 0.1) is 30.4 Å². The molecule has 114 valence electrons. The third-order valence-electron chi connectivity index (χ3n) is 5.19. The van der Waals surface area contributed by atoms with Crippen LogP contribution < -0.4 is 0 Å². The van der Waals surface area contributed by atoms with Gasteiger partial charge in [-0.3, -0.25) is 0 Å². The van der Waals surface area contributed by atoms with E-state index >= 15 is 0 Å². The summed E-state index contributed by atoms with van der Waals surface area (Å²) >= 11 is 0. The van der Waals surface area contributed by atoms with E-state index in [0.717, 1.165) is 29.8 Å². The normalized spacial score (nSPS) is 24.8. The Morgan fingerprint density at radius 3 is 2.96 bits per heavy atom. The van der Waals surface area contributed by atoms with Crippen LogP contribution >= 0.6 is 0 Å². The van der Waals surface area contributed by atoms with Crippen LogP contribution in [0, 0.1) is 5.92 Å². The van der Waals surface area contributed by atoms with Gasteiger partial charge in [0.2, 0.25) is 0 Å². The van der Waals surface area contributed by atoms with Gasteiger partial charge in [-0.15, -0.1) is 0 Å². The zero-order chi connectivity index (χ0) is 15.4. The third-order valence-corrected chi connectivity index (χ3v) is 5.19. The summed E-state index contributed by atoms with van der Waals surface area (Å²) in [6, 6.07) is 8.54. The number of rotatable bonds is 1. The maximum absolute atomic E-state index is 11.0. The number of aliphatic hydroxyl groups is 1. The summed E-state index contributed by atoms with van der Waals surface area (Å²) in [5.74, 6) is 0.102. The second kappa shape index (κ2) is 4.73. The molecule has 0 saturated heterocycles. The first kappa shape index (κ1) is 13.0. The van der Waals surface area contributed by atoms with Gasteiger partial charge in [-0.1, -0.05) is 24.3 Å². The topological polar surface area (TPSA) is 63.8 Å². The Kier molecular flexibility index (Phi) is 2.67. The van der Waals surface area contributed by atoms with Crippen LogP contribution in [0.5, 0.6) is 0 Å². The van der Waals surface area contributed by atoms with Crippen LogP contribution in [0.25, 0.3) is 11.3 Å². The summed E-state index contributed by atoms with van der Waals surface area (Å²) in [7, 11) is 0. The number of nitrogens with zero attached hydrogens (tertiary/aromatic N) is 4. The van der Waals surface area contributed by atoms with E-state index in [1.807, 2.05) is 12.5 Å². The molecule has 3 atom stereocenters. The van der Waals surface area contributed by atoms with E-state index in [1.54, 1.807) is 12.5 Å². The lowest BCUT2D eigenvalue weighted by molar-refractivity contribution is 0.0706. The van der Waals surface area contributed by atoms with Crippen molar-refractivity contribution in [2.75, 3.05) is 0 Å². The molecule has 0 saturated carbocycles. The predicted octanol–water partition coefficient (Wildman–Crippen LogP) is 2.54. The molecule has 5 rings (SSSR count). The molecule has 3 heterocycles. The lowest BCUT2D eigenvalue weighted by atomic mass is 9.78. The van der Waals surface area contributed by atoms with Crippen molar-refractivity contribution in [3.63, 3.8) is 0 Å². The first-order valence-electron chi connectivity index (χ1n) is 7.92. The van der Waals surface area contributed by atoms with Crippen LogP contribution in [0.2, 0.25) is 0 Å². The Hall–Kier alpha value is -2.53. The van der Waals surface area contributed by atoms with E-state index in [4.69, 9.17) is 0 Å². The molecule has 0 bridgehead atoms. The highest BCUT2D eigenvalue weighted by Gasteiger charge is 2.40. The highest BCUT2D eigenvalue weighted by molar-refractivity contribution is 5.69. The second-order valence-electron chi connectivity index (χ2n) is 6.29.